The van der Waals surface area contributed by atoms with Gasteiger partial charge < -0.3 is 15.2 Å². The number of nitrogens with zero attached hydrogens (tertiary/aromatic N) is 1. The number of rotatable bonds is 4. The van der Waals surface area contributed by atoms with Crippen LogP contribution < -0.4 is 5.32 Å². The highest BCUT2D eigenvalue weighted by atomic mass is 16.5. The zero-order chi connectivity index (χ0) is 19.1. The zero-order valence-electron chi connectivity index (χ0n) is 16.7. The van der Waals surface area contributed by atoms with E-state index < -0.39 is 5.60 Å². The Bertz CT molecular complexity index is 836. The van der Waals surface area contributed by atoms with Crippen LogP contribution in [0.5, 0.6) is 0 Å². The van der Waals surface area contributed by atoms with Crippen molar-refractivity contribution in [2.45, 2.75) is 87.7 Å². The smallest absolute Gasteiger partial charge is 0.339 e. The van der Waals surface area contributed by atoms with Crippen molar-refractivity contribution in [2.75, 3.05) is 11.9 Å². The zero-order valence-corrected chi connectivity index (χ0v) is 16.7. The van der Waals surface area contributed by atoms with E-state index in [9.17, 15) is 9.90 Å². The van der Waals surface area contributed by atoms with Crippen LogP contribution in [0.15, 0.2) is 6.20 Å². The van der Waals surface area contributed by atoms with Crippen molar-refractivity contribution in [1.82, 2.24) is 4.98 Å². The second-order valence-corrected chi connectivity index (χ2v) is 10.4. The quantitative estimate of drug-likeness (QED) is 0.767. The fourth-order valence-corrected chi connectivity index (χ4v) is 7.98. The molecule has 0 spiro atoms. The molecular weight excluding hydrogens is 352 g/mol. The van der Waals surface area contributed by atoms with Crippen LogP contribution in [-0.4, -0.2) is 33.8 Å². The number of aliphatic hydroxyl groups is 1. The third-order valence-corrected chi connectivity index (χ3v) is 8.32. The molecule has 0 amide bonds. The summed E-state index contributed by atoms with van der Waals surface area (Å²) in [6.45, 7) is 2.25. The molecule has 5 saturated carbocycles. The monoisotopic (exact) mass is 382 g/mol. The van der Waals surface area contributed by atoms with E-state index >= 15 is 0 Å². The summed E-state index contributed by atoms with van der Waals surface area (Å²) in [5.41, 5.74) is 2.66. The van der Waals surface area contributed by atoms with Gasteiger partial charge in [-0.25, -0.2) is 9.78 Å². The molecule has 1 aromatic rings. The van der Waals surface area contributed by atoms with Gasteiger partial charge in [0.05, 0.1) is 17.8 Å². The summed E-state index contributed by atoms with van der Waals surface area (Å²) in [4.78, 5) is 17.3. The minimum atomic E-state index is -0.482. The third-order valence-electron chi connectivity index (χ3n) is 8.32. The molecule has 0 aliphatic heterocycles. The number of pyridine rings is 1. The predicted molar refractivity (Wildman–Crippen MR) is 106 cm³/mol. The molecule has 6 aliphatic rings. The molecule has 28 heavy (non-hydrogen) atoms. The summed E-state index contributed by atoms with van der Waals surface area (Å²) in [5, 5.41) is 15.0. The molecule has 4 unspecified atom stereocenters. The Hall–Kier alpha value is -1.62. The maximum atomic E-state index is 12.5. The summed E-state index contributed by atoms with van der Waals surface area (Å²) < 4.78 is 5.32. The Morgan fingerprint density at radius 1 is 1.18 bits per heavy atom. The number of hydrogen-bond acceptors (Lipinski definition) is 5. The molecule has 0 aromatic carbocycles. The fourth-order valence-electron chi connectivity index (χ4n) is 7.98. The SMILES string of the molecule is CCOC(=O)c1cnc(NC23CC4CC(CC(O)(C4)C2)C3)c2c1C1CCC2C1. The Balaban J connectivity index is 1.39. The topological polar surface area (TPSA) is 71.5 Å². The molecule has 7 rings (SSSR count). The summed E-state index contributed by atoms with van der Waals surface area (Å²) in [7, 11) is 0. The Kier molecular flexibility index (Phi) is 3.52. The lowest BCUT2D eigenvalue weighted by atomic mass is 9.51. The summed E-state index contributed by atoms with van der Waals surface area (Å²) in [6.07, 6.45) is 11.6. The van der Waals surface area contributed by atoms with E-state index in [1.54, 1.807) is 6.20 Å². The van der Waals surface area contributed by atoms with Gasteiger partial charge in [0.25, 0.3) is 0 Å². The number of fused-ring (bicyclic) bond motifs is 5. The first-order valence-corrected chi connectivity index (χ1v) is 11.2. The van der Waals surface area contributed by atoms with Gasteiger partial charge in [-0.15, -0.1) is 0 Å². The number of carbonyl (C=O) groups excluding carboxylic acids is 1. The summed E-state index contributed by atoms with van der Waals surface area (Å²) >= 11 is 0. The largest absolute Gasteiger partial charge is 0.462 e. The van der Waals surface area contributed by atoms with Gasteiger partial charge in [-0.1, -0.05) is 0 Å². The van der Waals surface area contributed by atoms with Gasteiger partial charge in [-0.05, 0) is 93.9 Å². The Morgan fingerprint density at radius 3 is 2.57 bits per heavy atom. The molecule has 0 saturated heterocycles. The molecular formula is C23H30N2O3. The minimum Gasteiger partial charge on any atom is -0.462 e. The number of ether oxygens (including phenoxy) is 1. The van der Waals surface area contributed by atoms with Gasteiger partial charge in [0, 0.05) is 17.3 Å². The molecule has 5 fully saturated rings. The number of esters is 1. The van der Waals surface area contributed by atoms with Gasteiger partial charge in [-0.2, -0.15) is 0 Å². The maximum absolute atomic E-state index is 12.5. The number of anilines is 1. The standard InChI is InChI=1S/C23H30N2O3/c1-2-28-21(26)17-11-24-20(19-16-4-3-15(6-16)18(17)19)25-22-7-13-5-14(8-22)10-23(27,9-13)12-22/h11,13-16,27H,2-10,12H2,1H3,(H,24,25). The lowest BCUT2D eigenvalue weighted by molar-refractivity contribution is -0.127. The summed E-state index contributed by atoms with van der Waals surface area (Å²) in [5.74, 6) is 3.03. The molecule has 6 bridgehead atoms. The van der Waals surface area contributed by atoms with Crippen molar-refractivity contribution in [2.24, 2.45) is 11.8 Å². The molecule has 0 radical (unpaired) electrons. The lowest BCUT2D eigenvalue weighted by Crippen LogP contribution is -2.62. The van der Waals surface area contributed by atoms with Crippen LogP contribution in [0.4, 0.5) is 5.82 Å². The average Bonchev–Trinajstić information content (AvgIpc) is 3.22. The van der Waals surface area contributed by atoms with Crippen molar-refractivity contribution >= 4 is 11.8 Å². The third kappa shape index (κ3) is 2.41. The van der Waals surface area contributed by atoms with Crippen LogP contribution >= 0.6 is 0 Å². The molecule has 1 aromatic heterocycles. The number of hydrogen-bond donors (Lipinski definition) is 2. The van der Waals surface area contributed by atoms with Crippen LogP contribution in [-0.2, 0) is 4.74 Å². The van der Waals surface area contributed by atoms with Gasteiger partial charge in [-0.3, -0.25) is 0 Å². The molecule has 2 N–H and O–H groups in total. The molecule has 6 aliphatic carbocycles. The van der Waals surface area contributed by atoms with Crippen LogP contribution in [0.3, 0.4) is 0 Å². The lowest BCUT2D eigenvalue weighted by Gasteiger charge is -2.60. The van der Waals surface area contributed by atoms with Crippen LogP contribution in [0.2, 0.25) is 0 Å². The number of carbonyl (C=O) groups is 1. The van der Waals surface area contributed by atoms with Crippen molar-refractivity contribution in [3.05, 3.63) is 22.9 Å². The van der Waals surface area contributed by atoms with E-state index in [4.69, 9.17) is 9.72 Å². The highest BCUT2D eigenvalue weighted by molar-refractivity contribution is 5.92. The van der Waals surface area contributed by atoms with Gasteiger partial charge in [0.15, 0.2) is 0 Å². The van der Waals surface area contributed by atoms with Crippen molar-refractivity contribution in [1.29, 1.82) is 0 Å². The number of nitrogens with one attached hydrogen (secondary N) is 1. The molecule has 4 atom stereocenters. The maximum Gasteiger partial charge on any atom is 0.339 e. The van der Waals surface area contributed by atoms with E-state index in [0.717, 1.165) is 44.3 Å². The van der Waals surface area contributed by atoms with Crippen LogP contribution in [0.25, 0.3) is 0 Å². The van der Waals surface area contributed by atoms with E-state index in [0.29, 0.717) is 35.8 Å². The van der Waals surface area contributed by atoms with E-state index in [1.807, 2.05) is 6.92 Å². The van der Waals surface area contributed by atoms with Gasteiger partial charge in [0.2, 0.25) is 0 Å². The Morgan fingerprint density at radius 2 is 1.89 bits per heavy atom. The van der Waals surface area contributed by atoms with Crippen LogP contribution in [0.1, 0.15) is 98.0 Å². The second kappa shape index (κ2) is 5.71. The second-order valence-electron chi connectivity index (χ2n) is 10.4. The molecule has 5 heteroatoms. The normalized spacial score (nSPS) is 41.9. The van der Waals surface area contributed by atoms with Crippen molar-refractivity contribution in [3.63, 3.8) is 0 Å². The van der Waals surface area contributed by atoms with E-state index in [-0.39, 0.29) is 11.5 Å². The first-order valence-electron chi connectivity index (χ1n) is 11.2. The minimum absolute atomic E-state index is 0.0210. The first kappa shape index (κ1) is 17.3. The van der Waals surface area contributed by atoms with Crippen molar-refractivity contribution < 1.29 is 14.6 Å². The van der Waals surface area contributed by atoms with Crippen molar-refractivity contribution in [3.8, 4) is 0 Å². The molecule has 5 nitrogen and oxygen atoms in total. The summed E-state index contributed by atoms with van der Waals surface area (Å²) in [6, 6.07) is 0. The van der Waals surface area contributed by atoms with Crippen LogP contribution in [0, 0.1) is 11.8 Å². The average molecular weight is 383 g/mol. The van der Waals surface area contributed by atoms with Gasteiger partial charge in [0.1, 0.15) is 5.82 Å². The molecule has 150 valence electrons. The Labute approximate surface area is 166 Å². The fraction of sp³-hybridized carbons (Fsp3) is 0.739. The van der Waals surface area contributed by atoms with E-state index in [2.05, 4.69) is 5.32 Å². The van der Waals surface area contributed by atoms with Gasteiger partial charge >= 0.3 is 5.97 Å². The highest BCUT2D eigenvalue weighted by Crippen LogP contribution is 2.60. The first-order chi connectivity index (χ1) is 13.5. The predicted octanol–water partition coefficient (Wildman–Crippen LogP) is 4.12. The van der Waals surface area contributed by atoms with E-state index in [1.165, 1.54) is 30.4 Å². The highest BCUT2D eigenvalue weighted by Gasteiger charge is 2.57. The number of aromatic nitrogens is 1. The molecule has 1 heterocycles.